The first kappa shape index (κ1) is 21.5. The molecule has 0 spiro atoms. The van der Waals surface area contributed by atoms with Crippen molar-refractivity contribution in [2.75, 3.05) is 12.4 Å². The summed E-state index contributed by atoms with van der Waals surface area (Å²) >= 11 is 0. The molecule has 5 aromatic rings. The summed E-state index contributed by atoms with van der Waals surface area (Å²) in [5.74, 6) is -0.354. The molecule has 0 atom stereocenters. The molecule has 6 heteroatoms. The molecule has 0 aliphatic carbocycles. The number of halogens is 2. The van der Waals surface area contributed by atoms with E-state index in [1.54, 1.807) is 13.2 Å². The molecule has 0 aliphatic rings. The van der Waals surface area contributed by atoms with Gasteiger partial charge in [0, 0.05) is 40.0 Å². The van der Waals surface area contributed by atoms with Crippen LogP contribution in [0.1, 0.15) is 5.56 Å². The zero-order valence-electron chi connectivity index (χ0n) is 18.4. The number of aromatic nitrogens is 1. The molecular formula is C28H22F2N2O2. The van der Waals surface area contributed by atoms with Crippen LogP contribution in [0.15, 0.2) is 91.0 Å². The minimum atomic E-state index is -0.882. The van der Waals surface area contributed by atoms with E-state index in [0.717, 1.165) is 40.0 Å². The summed E-state index contributed by atoms with van der Waals surface area (Å²) in [6.45, 7) is 0.477. The number of hydrogen-bond acceptors (Lipinski definition) is 3. The third-order valence-electron chi connectivity index (χ3n) is 5.53. The Morgan fingerprint density at radius 2 is 1.65 bits per heavy atom. The molecule has 0 bridgehead atoms. The van der Waals surface area contributed by atoms with Gasteiger partial charge < -0.3 is 19.8 Å². The van der Waals surface area contributed by atoms with Gasteiger partial charge in [0.25, 0.3) is 0 Å². The molecule has 0 unspecified atom stereocenters. The third-order valence-corrected chi connectivity index (χ3v) is 5.53. The molecular weight excluding hydrogens is 434 g/mol. The largest absolute Gasteiger partial charge is 0.495 e. The van der Waals surface area contributed by atoms with Crippen LogP contribution in [-0.2, 0) is 6.61 Å². The number of fused-ring (bicyclic) bond motifs is 1. The monoisotopic (exact) mass is 456 g/mol. The second kappa shape index (κ2) is 9.27. The van der Waals surface area contributed by atoms with Gasteiger partial charge in [-0.15, -0.1) is 0 Å². The second-order valence-corrected chi connectivity index (χ2v) is 7.88. The summed E-state index contributed by atoms with van der Waals surface area (Å²) in [7, 11) is 1.61. The van der Waals surface area contributed by atoms with Gasteiger partial charge >= 0.3 is 0 Å². The van der Waals surface area contributed by atoms with Crippen molar-refractivity contribution in [3.63, 3.8) is 0 Å². The van der Waals surface area contributed by atoms with Gasteiger partial charge in [0.2, 0.25) is 0 Å². The van der Waals surface area contributed by atoms with Crippen LogP contribution in [0.25, 0.3) is 22.2 Å². The average molecular weight is 456 g/mol. The highest BCUT2D eigenvalue weighted by Gasteiger charge is 2.11. The lowest BCUT2D eigenvalue weighted by atomic mass is 10.1. The van der Waals surface area contributed by atoms with Crippen LogP contribution in [0.5, 0.6) is 11.5 Å². The third kappa shape index (κ3) is 4.57. The standard InChI is InChI=1S/C28H22F2N2O2/c1-33-28-11-10-19(25-14-20-12-23(29)24(30)16-26(20)32-25)13-27(28)31-21-8-5-9-22(15-21)34-17-18-6-3-2-4-7-18/h2-16,31-32H,17H2,1H3. The Bertz CT molecular complexity index is 1410. The van der Waals surface area contributed by atoms with E-state index in [1.165, 1.54) is 6.07 Å². The van der Waals surface area contributed by atoms with Crippen LogP contribution in [0.3, 0.4) is 0 Å². The number of hydrogen-bond donors (Lipinski definition) is 2. The van der Waals surface area contributed by atoms with E-state index in [0.29, 0.717) is 23.3 Å². The first-order valence-electron chi connectivity index (χ1n) is 10.8. The highest BCUT2D eigenvalue weighted by atomic mass is 19.2. The van der Waals surface area contributed by atoms with E-state index >= 15 is 0 Å². The van der Waals surface area contributed by atoms with Gasteiger partial charge in [0.05, 0.1) is 12.8 Å². The normalized spacial score (nSPS) is 10.9. The molecule has 0 amide bonds. The van der Waals surface area contributed by atoms with Crippen molar-refractivity contribution in [3.05, 3.63) is 108 Å². The zero-order valence-corrected chi connectivity index (χ0v) is 18.4. The molecule has 5 rings (SSSR count). The molecule has 0 radical (unpaired) electrons. The maximum absolute atomic E-state index is 13.6. The van der Waals surface area contributed by atoms with Crippen LogP contribution in [0.4, 0.5) is 20.2 Å². The first-order valence-corrected chi connectivity index (χ1v) is 10.8. The van der Waals surface area contributed by atoms with Crippen molar-refractivity contribution in [2.24, 2.45) is 0 Å². The van der Waals surface area contributed by atoms with Crippen molar-refractivity contribution in [1.29, 1.82) is 0 Å². The Labute approximate surface area is 195 Å². The zero-order chi connectivity index (χ0) is 23.5. The van der Waals surface area contributed by atoms with Gasteiger partial charge in [0.15, 0.2) is 11.6 Å². The molecule has 4 aromatic carbocycles. The van der Waals surface area contributed by atoms with Crippen LogP contribution in [-0.4, -0.2) is 12.1 Å². The van der Waals surface area contributed by atoms with Crippen LogP contribution in [0.2, 0.25) is 0 Å². The topological polar surface area (TPSA) is 46.3 Å². The molecule has 0 saturated carbocycles. The quantitative estimate of drug-likeness (QED) is 0.267. The molecule has 1 aromatic heterocycles. The van der Waals surface area contributed by atoms with Gasteiger partial charge in [-0.05, 0) is 48.0 Å². The Balaban J connectivity index is 1.40. The van der Waals surface area contributed by atoms with Crippen molar-refractivity contribution < 1.29 is 18.3 Å². The Kier molecular flexibility index (Phi) is 5.87. The molecule has 1 heterocycles. The molecule has 170 valence electrons. The van der Waals surface area contributed by atoms with E-state index in [-0.39, 0.29) is 0 Å². The molecule has 0 saturated heterocycles. The van der Waals surface area contributed by atoms with E-state index in [2.05, 4.69) is 10.3 Å². The number of rotatable bonds is 7. The van der Waals surface area contributed by atoms with Gasteiger partial charge in [-0.25, -0.2) is 8.78 Å². The first-order chi connectivity index (χ1) is 16.6. The van der Waals surface area contributed by atoms with Gasteiger partial charge in [-0.1, -0.05) is 36.4 Å². The number of H-pyrrole nitrogens is 1. The number of anilines is 2. The Morgan fingerprint density at radius 3 is 2.47 bits per heavy atom. The lowest BCUT2D eigenvalue weighted by Crippen LogP contribution is -1.98. The Morgan fingerprint density at radius 1 is 0.824 bits per heavy atom. The SMILES string of the molecule is COc1ccc(-c2cc3cc(F)c(F)cc3[nH]2)cc1Nc1cccc(OCc2ccccc2)c1. The number of methoxy groups -OCH3 is 1. The van der Waals surface area contributed by atoms with Crippen LogP contribution >= 0.6 is 0 Å². The maximum Gasteiger partial charge on any atom is 0.160 e. The summed E-state index contributed by atoms with van der Waals surface area (Å²) < 4.78 is 38.7. The molecule has 2 N–H and O–H groups in total. The highest BCUT2D eigenvalue weighted by molar-refractivity contribution is 5.87. The summed E-state index contributed by atoms with van der Waals surface area (Å²) in [6, 6.07) is 27.5. The minimum Gasteiger partial charge on any atom is -0.495 e. The fraction of sp³-hybridized carbons (Fsp3) is 0.0714. The number of benzene rings is 4. The van der Waals surface area contributed by atoms with E-state index < -0.39 is 11.6 Å². The predicted octanol–water partition coefficient (Wildman–Crippen LogP) is 7.44. The van der Waals surface area contributed by atoms with Gasteiger partial charge in [-0.3, -0.25) is 0 Å². The smallest absolute Gasteiger partial charge is 0.160 e. The maximum atomic E-state index is 13.6. The van der Waals surface area contributed by atoms with Gasteiger partial charge in [0.1, 0.15) is 18.1 Å². The van der Waals surface area contributed by atoms with E-state index in [1.807, 2.05) is 72.8 Å². The summed E-state index contributed by atoms with van der Waals surface area (Å²) in [5.41, 5.74) is 4.79. The van der Waals surface area contributed by atoms with Crippen molar-refractivity contribution in [1.82, 2.24) is 4.98 Å². The summed E-state index contributed by atoms with van der Waals surface area (Å²) in [5, 5.41) is 3.98. The molecule has 34 heavy (non-hydrogen) atoms. The molecule has 0 fully saturated rings. The lowest BCUT2D eigenvalue weighted by Gasteiger charge is -2.14. The number of aromatic amines is 1. The lowest BCUT2D eigenvalue weighted by molar-refractivity contribution is 0.306. The predicted molar refractivity (Wildman–Crippen MR) is 131 cm³/mol. The Hall–Kier alpha value is -4.32. The minimum absolute atomic E-state index is 0.477. The van der Waals surface area contributed by atoms with E-state index in [4.69, 9.17) is 9.47 Å². The van der Waals surface area contributed by atoms with Crippen LogP contribution < -0.4 is 14.8 Å². The molecule has 4 nitrogen and oxygen atoms in total. The fourth-order valence-corrected chi connectivity index (χ4v) is 3.82. The number of ether oxygens (including phenoxy) is 2. The summed E-state index contributed by atoms with van der Waals surface area (Å²) in [4.78, 5) is 3.15. The summed E-state index contributed by atoms with van der Waals surface area (Å²) in [6.07, 6.45) is 0. The average Bonchev–Trinajstić information content (AvgIpc) is 3.26. The van der Waals surface area contributed by atoms with Crippen molar-refractivity contribution >= 4 is 22.3 Å². The fourth-order valence-electron chi connectivity index (χ4n) is 3.82. The van der Waals surface area contributed by atoms with Gasteiger partial charge in [-0.2, -0.15) is 0 Å². The second-order valence-electron chi connectivity index (χ2n) is 7.88. The van der Waals surface area contributed by atoms with Crippen LogP contribution in [0, 0.1) is 11.6 Å². The van der Waals surface area contributed by atoms with Crippen molar-refractivity contribution in [2.45, 2.75) is 6.61 Å². The highest BCUT2D eigenvalue weighted by Crippen LogP contribution is 2.34. The molecule has 0 aliphatic heterocycles. The van der Waals surface area contributed by atoms with Crippen molar-refractivity contribution in [3.8, 4) is 22.8 Å². The van der Waals surface area contributed by atoms with E-state index in [9.17, 15) is 8.78 Å². The number of nitrogens with one attached hydrogen (secondary N) is 2.